The average Bonchev–Trinajstić information content (AvgIpc) is 3.03. The summed E-state index contributed by atoms with van der Waals surface area (Å²) in [7, 11) is 0. The van der Waals surface area contributed by atoms with E-state index in [4.69, 9.17) is 49.0 Å². The fraction of sp³-hybridized carbons (Fsp3) is 0.882. The Morgan fingerprint density at radius 3 is 2.07 bits per heavy atom. The van der Waals surface area contributed by atoms with Crippen LogP contribution in [0.5, 0.6) is 0 Å². The fourth-order valence-electron chi connectivity index (χ4n) is 3.18. The van der Waals surface area contributed by atoms with Crippen LogP contribution >= 0.6 is 47.2 Å². The molecule has 2 heterocycles. The average molecular weight is 484 g/mol. The zero-order valence-corrected chi connectivity index (χ0v) is 19.6. The van der Waals surface area contributed by atoms with Gasteiger partial charge in [0.05, 0.1) is 12.6 Å². The van der Waals surface area contributed by atoms with Gasteiger partial charge in [-0.05, 0) is 39.5 Å². The molecule has 0 aliphatic carbocycles. The van der Waals surface area contributed by atoms with E-state index in [0.29, 0.717) is 32.2 Å². The Morgan fingerprint density at radius 1 is 0.964 bits per heavy atom. The van der Waals surface area contributed by atoms with Gasteiger partial charge in [0.15, 0.2) is 0 Å². The van der Waals surface area contributed by atoms with Gasteiger partial charge in [-0.25, -0.2) is 9.59 Å². The molecule has 0 aromatic rings. The highest BCUT2D eigenvalue weighted by Gasteiger charge is 2.42. The van der Waals surface area contributed by atoms with Crippen molar-refractivity contribution in [2.45, 2.75) is 43.4 Å². The van der Waals surface area contributed by atoms with Gasteiger partial charge in [0.1, 0.15) is 6.61 Å². The van der Waals surface area contributed by atoms with Gasteiger partial charge in [0.2, 0.25) is 3.79 Å². The van der Waals surface area contributed by atoms with Crippen LogP contribution in [-0.4, -0.2) is 77.9 Å². The van der Waals surface area contributed by atoms with Crippen molar-refractivity contribution in [2.24, 2.45) is 5.92 Å². The number of hydrogen-bond acceptors (Lipinski definition) is 5. The van der Waals surface area contributed by atoms with Crippen molar-refractivity contribution in [1.82, 2.24) is 9.80 Å². The predicted octanol–water partition coefficient (Wildman–Crippen LogP) is 4.51. The van der Waals surface area contributed by atoms with E-state index in [2.05, 4.69) is 0 Å². The van der Waals surface area contributed by atoms with Crippen molar-refractivity contribution in [3.05, 3.63) is 0 Å². The largest absolute Gasteiger partial charge is 0.450 e. The molecule has 2 fully saturated rings. The van der Waals surface area contributed by atoms with Gasteiger partial charge in [-0.2, -0.15) is 0 Å². The van der Waals surface area contributed by atoms with Crippen molar-refractivity contribution in [1.29, 1.82) is 0 Å². The van der Waals surface area contributed by atoms with Gasteiger partial charge in [-0.1, -0.05) is 34.8 Å². The molecular weight excluding hydrogens is 454 g/mol. The SMILES string of the molecule is CCOC(=O)N1CCC2CCN(C(=O)OCC(Cl)(Cl)Cl)C[C@H]21.CCOCC.Cl. The van der Waals surface area contributed by atoms with Gasteiger partial charge < -0.3 is 24.0 Å². The van der Waals surface area contributed by atoms with Gasteiger partial charge in [0, 0.05) is 32.8 Å². The van der Waals surface area contributed by atoms with Crippen LogP contribution < -0.4 is 0 Å². The fourth-order valence-corrected chi connectivity index (χ4v) is 3.34. The zero-order valence-electron chi connectivity index (χ0n) is 16.5. The lowest BCUT2D eigenvalue weighted by Crippen LogP contribution is -2.52. The Balaban J connectivity index is 0.00000108. The lowest BCUT2D eigenvalue weighted by Gasteiger charge is -2.37. The van der Waals surface area contributed by atoms with E-state index in [0.717, 1.165) is 26.1 Å². The maximum atomic E-state index is 12.0. The summed E-state index contributed by atoms with van der Waals surface area (Å²) in [6.45, 7) is 9.13. The highest BCUT2D eigenvalue weighted by molar-refractivity contribution is 6.67. The minimum Gasteiger partial charge on any atom is -0.450 e. The summed E-state index contributed by atoms with van der Waals surface area (Å²) in [4.78, 5) is 27.2. The number of fused-ring (bicyclic) bond motifs is 1. The minimum absolute atomic E-state index is 0. The first-order valence-corrected chi connectivity index (χ1v) is 10.4. The summed E-state index contributed by atoms with van der Waals surface area (Å²) >= 11 is 16.7. The van der Waals surface area contributed by atoms with Crippen LogP contribution in [0.3, 0.4) is 0 Å². The second-order valence-corrected chi connectivity index (χ2v) is 8.71. The molecule has 28 heavy (non-hydrogen) atoms. The summed E-state index contributed by atoms with van der Waals surface area (Å²) in [5, 5.41) is 0. The van der Waals surface area contributed by atoms with E-state index in [-0.39, 0.29) is 31.1 Å². The monoisotopic (exact) mass is 482 g/mol. The second-order valence-electron chi connectivity index (χ2n) is 6.19. The maximum absolute atomic E-state index is 12.0. The Morgan fingerprint density at radius 2 is 1.57 bits per heavy atom. The number of hydrogen-bond donors (Lipinski definition) is 0. The molecule has 0 spiro atoms. The van der Waals surface area contributed by atoms with Crippen molar-refractivity contribution < 1.29 is 23.8 Å². The molecule has 2 saturated heterocycles. The molecule has 0 bridgehead atoms. The first kappa shape index (κ1) is 27.7. The molecule has 0 N–H and O–H groups in total. The van der Waals surface area contributed by atoms with E-state index in [1.54, 1.807) is 16.7 Å². The summed E-state index contributed by atoms with van der Waals surface area (Å²) in [5.41, 5.74) is 0. The summed E-state index contributed by atoms with van der Waals surface area (Å²) in [6, 6.07) is -0.0342. The van der Waals surface area contributed by atoms with Crippen LogP contribution in [0.15, 0.2) is 0 Å². The number of nitrogens with zero attached hydrogens (tertiary/aromatic N) is 2. The van der Waals surface area contributed by atoms with Gasteiger partial charge in [-0.3, -0.25) is 0 Å². The summed E-state index contributed by atoms with van der Waals surface area (Å²) in [5.74, 6) is 0.390. The van der Waals surface area contributed by atoms with Crippen LogP contribution in [-0.2, 0) is 14.2 Å². The number of rotatable bonds is 4. The molecule has 2 amide bonds. The summed E-state index contributed by atoms with van der Waals surface area (Å²) < 4.78 is 13.3. The predicted molar refractivity (Wildman–Crippen MR) is 113 cm³/mol. The molecule has 0 saturated carbocycles. The lowest BCUT2D eigenvalue weighted by atomic mass is 9.92. The quantitative estimate of drug-likeness (QED) is 0.550. The van der Waals surface area contributed by atoms with E-state index >= 15 is 0 Å². The molecule has 11 heteroatoms. The minimum atomic E-state index is -1.63. The van der Waals surface area contributed by atoms with Crippen LogP contribution in [0.1, 0.15) is 33.6 Å². The Bertz CT molecular complexity index is 477. The van der Waals surface area contributed by atoms with Crippen LogP contribution in [0.2, 0.25) is 0 Å². The standard InChI is InChI=1S/C13H19Cl3N2O4.C4H10O.ClH/c1-2-21-12(20)18-6-4-9-3-5-17(7-10(9)18)11(19)22-8-13(14,15)16;1-3-5-4-2;/h9-10H,2-8H2,1H3;3-4H2,1-2H3;1H/t9?,10-;;/m1../s1. The molecule has 0 radical (unpaired) electrons. The third-order valence-electron chi connectivity index (χ3n) is 4.39. The number of likely N-dealkylation sites (tertiary alicyclic amines) is 2. The highest BCUT2D eigenvalue weighted by atomic mass is 35.6. The Hall–Kier alpha value is -0.340. The van der Waals surface area contributed by atoms with E-state index < -0.39 is 9.89 Å². The van der Waals surface area contributed by atoms with Crippen molar-refractivity contribution in [3.8, 4) is 0 Å². The molecule has 2 aliphatic heterocycles. The number of carbonyl (C=O) groups is 2. The topological polar surface area (TPSA) is 68.3 Å². The van der Waals surface area contributed by atoms with Gasteiger partial charge in [-0.15, -0.1) is 12.4 Å². The zero-order chi connectivity index (χ0) is 20.4. The van der Waals surface area contributed by atoms with Gasteiger partial charge >= 0.3 is 12.2 Å². The van der Waals surface area contributed by atoms with Crippen LogP contribution in [0, 0.1) is 5.92 Å². The molecule has 2 atom stereocenters. The number of carbonyl (C=O) groups excluding carboxylic acids is 2. The molecule has 1 unspecified atom stereocenters. The maximum Gasteiger partial charge on any atom is 0.410 e. The lowest BCUT2D eigenvalue weighted by molar-refractivity contribution is 0.0562. The normalized spacial score (nSPS) is 21.1. The third-order valence-corrected chi connectivity index (χ3v) is 4.72. The highest BCUT2D eigenvalue weighted by Crippen LogP contribution is 2.32. The number of ether oxygens (including phenoxy) is 3. The molecule has 166 valence electrons. The molecule has 7 nitrogen and oxygen atoms in total. The van der Waals surface area contributed by atoms with E-state index in [9.17, 15) is 9.59 Å². The number of piperidine rings is 1. The third kappa shape index (κ3) is 9.44. The van der Waals surface area contributed by atoms with E-state index in [1.807, 2.05) is 13.8 Å². The van der Waals surface area contributed by atoms with Gasteiger partial charge in [0.25, 0.3) is 0 Å². The Labute approximate surface area is 188 Å². The number of amides is 2. The van der Waals surface area contributed by atoms with Crippen LogP contribution in [0.4, 0.5) is 9.59 Å². The summed E-state index contributed by atoms with van der Waals surface area (Å²) in [6.07, 6.45) is 0.899. The molecule has 2 rings (SSSR count). The van der Waals surface area contributed by atoms with Crippen molar-refractivity contribution in [3.63, 3.8) is 0 Å². The smallest absolute Gasteiger partial charge is 0.410 e. The number of alkyl halides is 3. The van der Waals surface area contributed by atoms with Crippen molar-refractivity contribution in [2.75, 3.05) is 46.1 Å². The molecular formula is C17H30Cl4N2O5. The van der Waals surface area contributed by atoms with Crippen molar-refractivity contribution >= 4 is 59.4 Å². The molecule has 0 aromatic heterocycles. The molecule has 0 aromatic carbocycles. The first-order chi connectivity index (χ1) is 12.7. The second kappa shape index (κ2) is 13.8. The van der Waals surface area contributed by atoms with Crippen LogP contribution in [0.25, 0.3) is 0 Å². The number of halogens is 4. The molecule has 2 aliphatic rings. The first-order valence-electron chi connectivity index (χ1n) is 9.23. The Kier molecular flexibility index (Phi) is 13.6. The van der Waals surface area contributed by atoms with E-state index in [1.165, 1.54) is 0 Å².